The van der Waals surface area contributed by atoms with E-state index < -0.39 is 0 Å². The average molecular weight is 268 g/mol. The van der Waals surface area contributed by atoms with E-state index in [9.17, 15) is 4.79 Å². The first kappa shape index (κ1) is 13.4. The van der Waals surface area contributed by atoms with Crippen molar-refractivity contribution in [2.45, 2.75) is 31.7 Å². The second kappa shape index (κ2) is 5.71. The van der Waals surface area contributed by atoms with E-state index in [0.29, 0.717) is 13.2 Å². The first-order chi connectivity index (χ1) is 8.58. The molecule has 2 heterocycles. The summed E-state index contributed by atoms with van der Waals surface area (Å²) in [5.41, 5.74) is -0.0301. The molecule has 0 aliphatic carbocycles. The van der Waals surface area contributed by atoms with Crippen molar-refractivity contribution in [2.75, 3.05) is 19.8 Å². The van der Waals surface area contributed by atoms with E-state index >= 15 is 0 Å². The van der Waals surface area contributed by atoms with Crippen molar-refractivity contribution < 1.29 is 9.53 Å². The zero-order valence-corrected chi connectivity index (χ0v) is 11.7. The van der Waals surface area contributed by atoms with E-state index in [1.54, 1.807) is 11.3 Å². The van der Waals surface area contributed by atoms with Crippen LogP contribution < -0.4 is 10.6 Å². The van der Waals surface area contributed by atoms with Gasteiger partial charge in [0.15, 0.2) is 0 Å². The van der Waals surface area contributed by atoms with Crippen molar-refractivity contribution in [3.63, 3.8) is 0 Å². The van der Waals surface area contributed by atoms with Crippen LogP contribution in [-0.2, 0) is 10.2 Å². The van der Waals surface area contributed by atoms with Crippen LogP contribution in [0.25, 0.3) is 0 Å². The van der Waals surface area contributed by atoms with E-state index in [1.165, 1.54) is 4.88 Å². The molecule has 2 amide bonds. The predicted octanol–water partition coefficient (Wildman–Crippen LogP) is 2.11. The molecular formula is C13H20N2O2S. The number of hydrogen-bond acceptors (Lipinski definition) is 3. The minimum absolute atomic E-state index is 0.0301. The van der Waals surface area contributed by atoms with Gasteiger partial charge in [0, 0.05) is 23.4 Å². The molecule has 1 aliphatic heterocycles. The topological polar surface area (TPSA) is 50.4 Å². The van der Waals surface area contributed by atoms with E-state index in [1.807, 2.05) is 6.07 Å². The zero-order valence-electron chi connectivity index (χ0n) is 10.9. The van der Waals surface area contributed by atoms with E-state index in [2.05, 4.69) is 35.9 Å². The fraction of sp³-hybridized carbons (Fsp3) is 0.615. The quantitative estimate of drug-likeness (QED) is 0.878. The summed E-state index contributed by atoms with van der Waals surface area (Å²) in [6.45, 7) is 6.27. The van der Waals surface area contributed by atoms with Gasteiger partial charge in [0.25, 0.3) is 0 Å². The van der Waals surface area contributed by atoms with Gasteiger partial charge >= 0.3 is 6.03 Å². The molecule has 1 aromatic rings. The molecule has 0 bridgehead atoms. The second-order valence-corrected chi connectivity index (χ2v) is 6.20. The SMILES string of the molecule is CC(C)(CNC(=O)NC1CCOC1)c1cccs1. The summed E-state index contributed by atoms with van der Waals surface area (Å²) in [7, 11) is 0. The third kappa shape index (κ3) is 3.46. The van der Waals surface area contributed by atoms with Crippen LogP contribution in [0.2, 0.25) is 0 Å². The minimum Gasteiger partial charge on any atom is -0.379 e. The summed E-state index contributed by atoms with van der Waals surface area (Å²) in [6, 6.07) is 4.21. The molecule has 1 aromatic heterocycles. The molecule has 0 radical (unpaired) electrons. The van der Waals surface area contributed by atoms with Crippen LogP contribution in [0, 0.1) is 0 Å². The van der Waals surface area contributed by atoms with Gasteiger partial charge < -0.3 is 15.4 Å². The van der Waals surface area contributed by atoms with Crippen molar-refractivity contribution in [3.8, 4) is 0 Å². The monoisotopic (exact) mass is 268 g/mol. The summed E-state index contributed by atoms with van der Waals surface area (Å²) >= 11 is 1.72. The van der Waals surface area contributed by atoms with Crippen LogP contribution in [0.5, 0.6) is 0 Å². The fourth-order valence-corrected chi connectivity index (χ4v) is 2.79. The highest BCUT2D eigenvalue weighted by Crippen LogP contribution is 2.26. The molecule has 1 aliphatic rings. The Morgan fingerprint density at radius 2 is 2.44 bits per heavy atom. The molecule has 2 N–H and O–H groups in total. The molecule has 0 aromatic carbocycles. The summed E-state index contributed by atoms with van der Waals surface area (Å²) in [6.07, 6.45) is 0.905. The highest BCUT2D eigenvalue weighted by Gasteiger charge is 2.23. The van der Waals surface area contributed by atoms with Gasteiger partial charge in [-0.3, -0.25) is 0 Å². The largest absolute Gasteiger partial charge is 0.379 e. The van der Waals surface area contributed by atoms with Gasteiger partial charge in [0.2, 0.25) is 0 Å². The second-order valence-electron chi connectivity index (χ2n) is 5.25. The van der Waals surface area contributed by atoms with Crippen LogP contribution >= 0.6 is 11.3 Å². The Bertz CT molecular complexity index is 384. The van der Waals surface area contributed by atoms with Gasteiger partial charge in [-0.2, -0.15) is 0 Å². The van der Waals surface area contributed by atoms with Gasteiger partial charge in [0.05, 0.1) is 12.6 Å². The van der Waals surface area contributed by atoms with Crippen molar-refractivity contribution >= 4 is 17.4 Å². The van der Waals surface area contributed by atoms with Crippen molar-refractivity contribution in [1.29, 1.82) is 0 Å². The highest BCUT2D eigenvalue weighted by atomic mass is 32.1. The van der Waals surface area contributed by atoms with Crippen LogP contribution in [-0.4, -0.2) is 31.8 Å². The number of carbonyl (C=O) groups is 1. The smallest absolute Gasteiger partial charge is 0.315 e. The normalized spacial score (nSPS) is 19.8. The summed E-state index contributed by atoms with van der Waals surface area (Å²) in [5.74, 6) is 0. The number of amides is 2. The van der Waals surface area contributed by atoms with Gasteiger partial charge in [0.1, 0.15) is 0 Å². The zero-order chi connectivity index (χ0) is 13.0. The van der Waals surface area contributed by atoms with Gasteiger partial charge in [-0.1, -0.05) is 19.9 Å². The molecule has 1 unspecified atom stereocenters. The Labute approximate surface area is 112 Å². The summed E-state index contributed by atoms with van der Waals surface area (Å²) in [4.78, 5) is 13.0. The van der Waals surface area contributed by atoms with Gasteiger partial charge in [-0.05, 0) is 17.9 Å². The molecule has 100 valence electrons. The Morgan fingerprint density at radius 1 is 1.61 bits per heavy atom. The summed E-state index contributed by atoms with van der Waals surface area (Å²) < 4.78 is 5.22. The Hall–Kier alpha value is -1.07. The maximum Gasteiger partial charge on any atom is 0.315 e. The van der Waals surface area contributed by atoms with Gasteiger partial charge in [-0.25, -0.2) is 4.79 Å². The molecule has 1 atom stereocenters. The maximum atomic E-state index is 11.7. The van der Waals surface area contributed by atoms with Gasteiger partial charge in [-0.15, -0.1) is 11.3 Å². The number of urea groups is 1. The van der Waals surface area contributed by atoms with E-state index in [0.717, 1.165) is 13.0 Å². The first-order valence-electron chi connectivity index (χ1n) is 6.24. The van der Waals surface area contributed by atoms with E-state index in [4.69, 9.17) is 4.74 Å². The lowest BCUT2D eigenvalue weighted by Gasteiger charge is -2.24. The minimum atomic E-state index is -0.102. The lowest BCUT2D eigenvalue weighted by Crippen LogP contribution is -2.46. The Kier molecular flexibility index (Phi) is 4.24. The fourth-order valence-electron chi connectivity index (χ4n) is 1.94. The molecule has 5 heteroatoms. The Balaban J connectivity index is 1.78. The third-order valence-electron chi connectivity index (χ3n) is 3.14. The molecular weight excluding hydrogens is 248 g/mol. The highest BCUT2D eigenvalue weighted by molar-refractivity contribution is 7.10. The molecule has 18 heavy (non-hydrogen) atoms. The molecule has 4 nitrogen and oxygen atoms in total. The molecule has 1 fully saturated rings. The lowest BCUT2D eigenvalue weighted by molar-refractivity contribution is 0.188. The molecule has 2 rings (SSSR count). The number of thiophene rings is 1. The predicted molar refractivity (Wildman–Crippen MR) is 73.1 cm³/mol. The van der Waals surface area contributed by atoms with Crippen LogP contribution in [0.15, 0.2) is 17.5 Å². The van der Waals surface area contributed by atoms with Crippen LogP contribution in [0.1, 0.15) is 25.1 Å². The van der Waals surface area contributed by atoms with Crippen molar-refractivity contribution in [3.05, 3.63) is 22.4 Å². The van der Waals surface area contributed by atoms with Crippen molar-refractivity contribution in [1.82, 2.24) is 10.6 Å². The third-order valence-corrected chi connectivity index (χ3v) is 4.38. The number of ether oxygens (including phenoxy) is 1. The number of carbonyl (C=O) groups excluding carboxylic acids is 1. The molecule has 0 spiro atoms. The maximum absolute atomic E-state index is 11.7. The molecule has 0 saturated carbocycles. The number of rotatable bonds is 4. The number of nitrogens with one attached hydrogen (secondary N) is 2. The summed E-state index contributed by atoms with van der Waals surface area (Å²) in [5, 5.41) is 7.93. The van der Waals surface area contributed by atoms with Crippen LogP contribution in [0.3, 0.4) is 0 Å². The van der Waals surface area contributed by atoms with Crippen LogP contribution in [0.4, 0.5) is 4.79 Å². The average Bonchev–Trinajstić information content (AvgIpc) is 2.99. The molecule has 1 saturated heterocycles. The van der Waals surface area contributed by atoms with E-state index in [-0.39, 0.29) is 17.5 Å². The first-order valence-corrected chi connectivity index (χ1v) is 7.12. The Morgan fingerprint density at radius 3 is 3.06 bits per heavy atom. The number of hydrogen-bond donors (Lipinski definition) is 2. The van der Waals surface area contributed by atoms with Crippen molar-refractivity contribution in [2.24, 2.45) is 0 Å². The lowest BCUT2D eigenvalue weighted by atomic mass is 9.91. The standard InChI is InChI=1S/C13H20N2O2S/c1-13(2,11-4-3-7-18-11)9-14-12(16)15-10-5-6-17-8-10/h3-4,7,10H,5-6,8-9H2,1-2H3,(H2,14,15,16).